The van der Waals surface area contributed by atoms with E-state index in [1.165, 1.54) is 0 Å². The molecule has 0 aliphatic rings. The van der Waals surface area contributed by atoms with Gasteiger partial charge in [0.05, 0.1) is 12.1 Å². The van der Waals surface area contributed by atoms with Gasteiger partial charge in [0.2, 0.25) is 0 Å². The van der Waals surface area contributed by atoms with E-state index in [4.69, 9.17) is 5.73 Å². The summed E-state index contributed by atoms with van der Waals surface area (Å²) in [5, 5.41) is 9.72. The van der Waals surface area contributed by atoms with Gasteiger partial charge < -0.3 is 15.7 Å². The maximum Gasteiger partial charge on any atom is 0.0772 e. The molecule has 0 amide bonds. The van der Waals surface area contributed by atoms with Gasteiger partial charge in [-0.15, -0.1) is 0 Å². The number of aliphatic hydroxyl groups is 1. The first-order chi connectivity index (χ1) is 8.70. The second kappa shape index (κ2) is 6.04. The SMILES string of the molecule is CC(N(C)CC(N)(CO)c1ccccc1)C(C)(C)C. The largest absolute Gasteiger partial charge is 0.394 e. The van der Waals surface area contributed by atoms with Crippen molar-refractivity contribution in [2.75, 3.05) is 20.2 Å². The molecule has 1 aromatic rings. The minimum absolute atomic E-state index is 0.0573. The van der Waals surface area contributed by atoms with Crippen molar-refractivity contribution >= 4 is 0 Å². The molecule has 0 aliphatic carbocycles. The van der Waals surface area contributed by atoms with Crippen LogP contribution in [0.3, 0.4) is 0 Å². The van der Waals surface area contributed by atoms with E-state index in [2.05, 4.69) is 39.6 Å². The zero-order chi connectivity index (χ0) is 14.7. The molecule has 2 atom stereocenters. The molecule has 108 valence electrons. The van der Waals surface area contributed by atoms with Gasteiger partial charge in [-0.05, 0) is 24.9 Å². The Balaban J connectivity index is 2.88. The van der Waals surface area contributed by atoms with Crippen LogP contribution in [0.1, 0.15) is 33.3 Å². The molecule has 19 heavy (non-hydrogen) atoms. The summed E-state index contributed by atoms with van der Waals surface area (Å²) in [5.74, 6) is 0. The van der Waals surface area contributed by atoms with Crippen molar-refractivity contribution in [3.05, 3.63) is 35.9 Å². The van der Waals surface area contributed by atoms with Gasteiger partial charge >= 0.3 is 0 Å². The number of hydrogen-bond acceptors (Lipinski definition) is 3. The van der Waals surface area contributed by atoms with E-state index >= 15 is 0 Å². The maximum absolute atomic E-state index is 9.72. The van der Waals surface area contributed by atoms with E-state index < -0.39 is 5.54 Å². The zero-order valence-electron chi connectivity index (χ0n) is 12.9. The van der Waals surface area contributed by atoms with Crippen LogP contribution in [0, 0.1) is 5.41 Å². The van der Waals surface area contributed by atoms with E-state index in [9.17, 15) is 5.11 Å². The Kier molecular flexibility index (Phi) is 5.13. The molecule has 3 N–H and O–H groups in total. The van der Waals surface area contributed by atoms with E-state index in [1.54, 1.807) is 0 Å². The van der Waals surface area contributed by atoms with Gasteiger partial charge in [0.15, 0.2) is 0 Å². The number of hydrogen-bond donors (Lipinski definition) is 2. The Hall–Kier alpha value is -0.900. The molecule has 0 bridgehead atoms. The number of rotatable bonds is 5. The summed E-state index contributed by atoms with van der Waals surface area (Å²) in [7, 11) is 2.07. The quantitative estimate of drug-likeness (QED) is 0.857. The van der Waals surface area contributed by atoms with Crippen molar-refractivity contribution in [3.8, 4) is 0 Å². The van der Waals surface area contributed by atoms with E-state index in [1.807, 2.05) is 30.3 Å². The van der Waals surface area contributed by atoms with Gasteiger partial charge in [-0.3, -0.25) is 0 Å². The molecule has 0 aliphatic heterocycles. The normalized spacial score (nSPS) is 17.3. The third-order valence-electron chi connectivity index (χ3n) is 4.08. The lowest BCUT2D eigenvalue weighted by atomic mass is 9.85. The first kappa shape index (κ1) is 16.2. The molecule has 0 saturated carbocycles. The third kappa shape index (κ3) is 4.03. The van der Waals surface area contributed by atoms with Crippen molar-refractivity contribution in [1.82, 2.24) is 4.90 Å². The second-order valence-corrected chi connectivity index (χ2v) is 6.64. The molecule has 2 unspecified atom stereocenters. The van der Waals surface area contributed by atoms with Crippen LogP contribution in [-0.2, 0) is 5.54 Å². The Bertz CT molecular complexity index is 385. The van der Waals surface area contributed by atoms with Crippen molar-refractivity contribution in [3.63, 3.8) is 0 Å². The Morgan fingerprint density at radius 1 is 1.21 bits per heavy atom. The fourth-order valence-electron chi connectivity index (χ4n) is 2.25. The van der Waals surface area contributed by atoms with Gasteiger partial charge in [0.25, 0.3) is 0 Å². The molecule has 0 radical (unpaired) electrons. The first-order valence-corrected chi connectivity index (χ1v) is 6.86. The number of aliphatic hydroxyl groups excluding tert-OH is 1. The van der Waals surface area contributed by atoms with E-state index in [0.717, 1.165) is 5.56 Å². The molecule has 1 rings (SSSR count). The number of nitrogens with zero attached hydrogens (tertiary/aromatic N) is 1. The number of benzene rings is 1. The van der Waals surface area contributed by atoms with E-state index in [-0.39, 0.29) is 12.0 Å². The molecule has 1 aromatic carbocycles. The average molecular weight is 264 g/mol. The van der Waals surface area contributed by atoms with Crippen molar-refractivity contribution in [2.45, 2.75) is 39.3 Å². The van der Waals surface area contributed by atoms with Crippen molar-refractivity contribution in [2.24, 2.45) is 11.1 Å². The van der Waals surface area contributed by atoms with Crippen LogP contribution in [0.2, 0.25) is 0 Å². The molecule has 0 saturated heterocycles. The van der Waals surface area contributed by atoms with Crippen molar-refractivity contribution < 1.29 is 5.11 Å². The van der Waals surface area contributed by atoms with Gasteiger partial charge in [0.1, 0.15) is 0 Å². The summed E-state index contributed by atoms with van der Waals surface area (Å²) in [6.07, 6.45) is 0. The fraction of sp³-hybridized carbons (Fsp3) is 0.625. The first-order valence-electron chi connectivity index (χ1n) is 6.86. The van der Waals surface area contributed by atoms with Crippen LogP contribution in [0.4, 0.5) is 0 Å². The molecule has 0 fully saturated rings. The third-order valence-corrected chi connectivity index (χ3v) is 4.08. The van der Waals surface area contributed by atoms with Crippen LogP contribution >= 0.6 is 0 Å². The second-order valence-electron chi connectivity index (χ2n) is 6.64. The molecule has 3 heteroatoms. The van der Waals surface area contributed by atoms with Crippen LogP contribution in [0.5, 0.6) is 0 Å². The maximum atomic E-state index is 9.72. The Morgan fingerprint density at radius 3 is 2.16 bits per heavy atom. The highest BCUT2D eigenvalue weighted by molar-refractivity contribution is 5.24. The number of likely N-dealkylation sites (N-methyl/N-ethyl adjacent to an activating group) is 1. The van der Waals surface area contributed by atoms with E-state index in [0.29, 0.717) is 12.6 Å². The highest BCUT2D eigenvalue weighted by Gasteiger charge is 2.32. The highest BCUT2D eigenvalue weighted by Crippen LogP contribution is 2.26. The molecule has 0 spiro atoms. The minimum atomic E-state index is -0.713. The number of nitrogens with two attached hydrogens (primary N) is 1. The van der Waals surface area contributed by atoms with Crippen LogP contribution < -0.4 is 5.73 Å². The molecular weight excluding hydrogens is 236 g/mol. The minimum Gasteiger partial charge on any atom is -0.394 e. The highest BCUT2D eigenvalue weighted by atomic mass is 16.3. The monoisotopic (exact) mass is 264 g/mol. The summed E-state index contributed by atoms with van der Waals surface area (Å²) < 4.78 is 0. The predicted octanol–water partition coefficient (Wildman–Crippen LogP) is 2.20. The lowest BCUT2D eigenvalue weighted by Crippen LogP contribution is -2.53. The Labute approximate surface area is 117 Å². The summed E-state index contributed by atoms with van der Waals surface area (Å²) in [4.78, 5) is 2.23. The molecule has 3 nitrogen and oxygen atoms in total. The standard InChI is InChI=1S/C16H28N2O/c1-13(15(2,3)4)18(5)11-16(17,12-19)14-9-7-6-8-10-14/h6-10,13,19H,11-12,17H2,1-5H3. The Morgan fingerprint density at radius 2 is 1.74 bits per heavy atom. The van der Waals surface area contributed by atoms with Gasteiger partial charge in [-0.1, -0.05) is 51.1 Å². The smallest absolute Gasteiger partial charge is 0.0772 e. The fourth-order valence-corrected chi connectivity index (χ4v) is 2.25. The van der Waals surface area contributed by atoms with Crippen LogP contribution in [-0.4, -0.2) is 36.2 Å². The van der Waals surface area contributed by atoms with Crippen molar-refractivity contribution in [1.29, 1.82) is 0 Å². The molecule has 0 aromatic heterocycles. The molecular formula is C16H28N2O. The lowest BCUT2D eigenvalue weighted by Gasteiger charge is -2.40. The van der Waals surface area contributed by atoms with Gasteiger partial charge in [0, 0.05) is 12.6 Å². The summed E-state index contributed by atoms with van der Waals surface area (Å²) in [6, 6.07) is 10.2. The topological polar surface area (TPSA) is 49.5 Å². The van der Waals surface area contributed by atoms with Crippen LogP contribution in [0.15, 0.2) is 30.3 Å². The summed E-state index contributed by atoms with van der Waals surface area (Å²) in [5.41, 5.74) is 6.86. The molecule has 0 heterocycles. The van der Waals surface area contributed by atoms with Gasteiger partial charge in [-0.2, -0.15) is 0 Å². The summed E-state index contributed by atoms with van der Waals surface area (Å²) in [6.45, 7) is 9.42. The zero-order valence-corrected chi connectivity index (χ0v) is 12.9. The average Bonchev–Trinajstić information content (AvgIpc) is 2.37. The summed E-state index contributed by atoms with van der Waals surface area (Å²) >= 11 is 0. The van der Waals surface area contributed by atoms with Crippen LogP contribution in [0.25, 0.3) is 0 Å². The predicted molar refractivity (Wildman–Crippen MR) is 80.9 cm³/mol. The van der Waals surface area contributed by atoms with Gasteiger partial charge in [-0.25, -0.2) is 0 Å². The lowest BCUT2D eigenvalue weighted by molar-refractivity contribution is 0.0866.